The van der Waals surface area contributed by atoms with Crippen LogP contribution in [-0.4, -0.2) is 70.0 Å². The van der Waals surface area contributed by atoms with E-state index in [0.717, 1.165) is 13.1 Å². The molecule has 12 heteroatoms. The van der Waals surface area contributed by atoms with Crippen molar-refractivity contribution in [3.8, 4) is 0 Å². The van der Waals surface area contributed by atoms with E-state index >= 15 is 0 Å². The van der Waals surface area contributed by atoms with Crippen LogP contribution in [0.5, 0.6) is 0 Å². The summed E-state index contributed by atoms with van der Waals surface area (Å²) >= 11 is 0. The van der Waals surface area contributed by atoms with E-state index < -0.39 is 18.1 Å². The number of hydrogen-bond acceptors (Lipinski definition) is 6. The first-order valence-electron chi connectivity index (χ1n) is 7.05. The molecule has 9 nitrogen and oxygen atoms in total. The number of halogens is 3. The maximum Gasteiger partial charge on any atom is 0.490 e. The fourth-order valence-electron chi connectivity index (χ4n) is 2.70. The number of aliphatic carboxylic acids is 2. The van der Waals surface area contributed by atoms with E-state index in [1.54, 1.807) is 0 Å². The lowest BCUT2D eigenvalue weighted by molar-refractivity contribution is -0.192. The lowest BCUT2D eigenvalue weighted by atomic mass is 10.3. The van der Waals surface area contributed by atoms with Crippen LogP contribution in [0.25, 0.3) is 0 Å². The standard InChI is InChI=1S/C11H13N3O4.C2HF3O2/c15-9(16)5-14-3-6-7(4-14)10(6)13-11(17)8-1-2-12-18-8;3-2(4,5)1(6)7/h1-2,6-7,10H,3-5H2,(H,13,17)(H,15,16);(H,6,7)/t6-,7+,10?;. The number of nitrogens with one attached hydrogen (secondary N) is 1. The Hall–Kier alpha value is -2.63. The summed E-state index contributed by atoms with van der Waals surface area (Å²) in [6, 6.07) is 1.66. The highest BCUT2D eigenvalue weighted by Gasteiger charge is 2.56. The van der Waals surface area contributed by atoms with E-state index in [9.17, 15) is 22.8 Å². The zero-order chi connectivity index (χ0) is 18.8. The van der Waals surface area contributed by atoms with Gasteiger partial charge in [-0.25, -0.2) is 4.79 Å². The number of alkyl halides is 3. The second-order valence-electron chi connectivity index (χ2n) is 5.59. The molecule has 2 aliphatic rings. The summed E-state index contributed by atoms with van der Waals surface area (Å²) in [6.07, 6.45) is -3.66. The third-order valence-corrected chi connectivity index (χ3v) is 3.83. The Kier molecular flexibility index (Phi) is 5.30. The van der Waals surface area contributed by atoms with Crippen LogP contribution >= 0.6 is 0 Å². The topological polar surface area (TPSA) is 133 Å². The van der Waals surface area contributed by atoms with Crippen molar-refractivity contribution in [2.24, 2.45) is 11.8 Å². The first-order chi connectivity index (χ1) is 11.6. The molecule has 1 aliphatic carbocycles. The number of carbonyl (C=O) groups excluding carboxylic acids is 1. The monoisotopic (exact) mass is 365 g/mol. The maximum atomic E-state index is 11.7. The first kappa shape index (κ1) is 18.7. The average molecular weight is 365 g/mol. The summed E-state index contributed by atoms with van der Waals surface area (Å²) in [6.45, 7) is 1.55. The van der Waals surface area contributed by atoms with E-state index in [4.69, 9.17) is 19.5 Å². The minimum atomic E-state index is -5.08. The fraction of sp³-hybridized carbons (Fsp3) is 0.538. The van der Waals surface area contributed by atoms with Gasteiger partial charge in [0.1, 0.15) is 0 Å². The quantitative estimate of drug-likeness (QED) is 0.682. The number of hydrogen-bond donors (Lipinski definition) is 3. The minimum Gasteiger partial charge on any atom is -0.480 e. The summed E-state index contributed by atoms with van der Waals surface area (Å²) < 4.78 is 36.5. The number of rotatable bonds is 4. The Bertz CT molecular complexity index is 636. The van der Waals surface area contributed by atoms with Gasteiger partial charge in [-0.2, -0.15) is 13.2 Å². The molecule has 3 rings (SSSR count). The highest BCUT2D eigenvalue weighted by atomic mass is 19.4. The molecule has 0 radical (unpaired) electrons. The van der Waals surface area contributed by atoms with Crippen LogP contribution in [0.3, 0.4) is 0 Å². The number of amides is 1. The third-order valence-electron chi connectivity index (χ3n) is 3.83. The van der Waals surface area contributed by atoms with Gasteiger partial charge in [-0.1, -0.05) is 5.16 Å². The minimum absolute atomic E-state index is 0.0791. The molecule has 0 aromatic carbocycles. The Morgan fingerprint density at radius 1 is 1.28 bits per heavy atom. The molecule has 1 aliphatic heterocycles. The molecule has 2 heterocycles. The Morgan fingerprint density at radius 2 is 1.84 bits per heavy atom. The van der Waals surface area contributed by atoms with Gasteiger partial charge < -0.3 is 20.1 Å². The molecule has 1 unspecified atom stereocenters. The second-order valence-corrected chi connectivity index (χ2v) is 5.59. The van der Waals surface area contributed by atoms with Crippen LogP contribution < -0.4 is 5.32 Å². The summed E-state index contributed by atoms with van der Waals surface area (Å²) in [5.74, 6) is -2.86. The Morgan fingerprint density at radius 3 is 2.24 bits per heavy atom. The van der Waals surface area contributed by atoms with Crippen LogP contribution in [0.2, 0.25) is 0 Å². The number of carboxylic acid groups (broad SMARTS) is 2. The number of likely N-dealkylation sites (tertiary alicyclic amines) is 1. The van der Waals surface area contributed by atoms with Crippen molar-refractivity contribution in [2.45, 2.75) is 12.2 Å². The van der Waals surface area contributed by atoms with Crippen molar-refractivity contribution in [2.75, 3.05) is 19.6 Å². The van der Waals surface area contributed by atoms with Gasteiger partial charge in [0.05, 0.1) is 12.7 Å². The molecule has 1 aromatic heterocycles. The molecular weight excluding hydrogens is 351 g/mol. The second kappa shape index (κ2) is 7.09. The first-order valence-corrected chi connectivity index (χ1v) is 7.05. The average Bonchev–Trinajstić information content (AvgIpc) is 2.92. The van der Waals surface area contributed by atoms with Crippen molar-refractivity contribution in [3.05, 3.63) is 18.0 Å². The molecule has 1 aromatic rings. The highest BCUT2D eigenvalue weighted by molar-refractivity contribution is 5.91. The van der Waals surface area contributed by atoms with E-state index in [2.05, 4.69) is 10.5 Å². The molecule has 1 amide bonds. The number of carboxylic acids is 2. The zero-order valence-corrected chi connectivity index (χ0v) is 12.6. The number of fused-ring (bicyclic) bond motifs is 1. The van der Waals surface area contributed by atoms with Gasteiger partial charge in [0, 0.05) is 25.2 Å². The van der Waals surface area contributed by atoms with Crippen LogP contribution in [0.1, 0.15) is 10.6 Å². The third kappa shape index (κ3) is 4.92. The molecule has 2 fully saturated rings. The molecule has 3 atom stereocenters. The highest BCUT2D eigenvalue weighted by Crippen LogP contribution is 2.45. The SMILES string of the molecule is O=C(O)C(F)(F)F.O=C(O)CN1C[C@@H]2C(NC(=O)c3ccno3)[C@@H]2C1. The molecule has 138 valence electrons. The van der Waals surface area contributed by atoms with Crippen LogP contribution in [-0.2, 0) is 9.59 Å². The van der Waals surface area contributed by atoms with Crippen molar-refractivity contribution < 1.29 is 42.3 Å². The fourth-order valence-corrected chi connectivity index (χ4v) is 2.70. The molecule has 0 bridgehead atoms. The van der Waals surface area contributed by atoms with Gasteiger partial charge in [0.25, 0.3) is 5.91 Å². The molecule has 1 saturated heterocycles. The number of nitrogens with zero attached hydrogens (tertiary/aromatic N) is 2. The normalized spacial score (nSPS) is 24.7. The van der Waals surface area contributed by atoms with Crippen LogP contribution in [0.15, 0.2) is 16.8 Å². The molecular formula is C13H14F3N3O6. The molecule has 3 N–H and O–H groups in total. The predicted octanol–water partition coefficient (Wildman–Crippen LogP) is 0.0525. The summed E-state index contributed by atoms with van der Waals surface area (Å²) in [5, 5.41) is 22.2. The van der Waals surface area contributed by atoms with Crippen molar-refractivity contribution in [3.63, 3.8) is 0 Å². The molecule has 25 heavy (non-hydrogen) atoms. The van der Waals surface area contributed by atoms with Gasteiger partial charge in [0.15, 0.2) is 0 Å². The zero-order valence-electron chi connectivity index (χ0n) is 12.6. The Labute approximate surface area is 138 Å². The van der Waals surface area contributed by atoms with Crippen molar-refractivity contribution in [1.29, 1.82) is 0 Å². The van der Waals surface area contributed by atoms with Gasteiger partial charge >= 0.3 is 18.1 Å². The van der Waals surface area contributed by atoms with Gasteiger partial charge in [-0.15, -0.1) is 0 Å². The van der Waals surface area contributed by atoms with Gasteiger partial charge in [-0.3, -0.25) is 14.5 Å². The predicted molar refractivity (Wildman–Crippen MR) is 72.5 cm³/mol. The van der Waals surface area contributed by atoms with Crippen molar-refractivity contribution >= 4 is 17.8 Å². The lowest BCUT2D eigenvalue weighted by Crippen LogP contribution is -2.36. The van der Waals surface area contributed by atoms with Crippen LogP contribution in [0, 0.1) is 11.8 Å². The number of aromatic nitrogens is 1. The van der Waals surface area contributed by atoms with Gasteiger partial charge in [0.2, 0.25) is 5.76 Å². The molecule has 1 saturated carbocycles. The Balaban J connectivity index is 0.000000277. The smallest absolute Gasteiger partial charge is 0.480 e. The summed E-state index contributed by atoms with van der Waals surface area (Å²) in [7, 11) is 0. The maximum absolute atomic E-state index is 11.7. The summed E-state index contributed by atoms with van der Waals surface area (Å²) in [5.41, 5.74) is 0. The van der Waals surface area contributed by atoms with E-state index in [1.165, 1.54) is 12.3 Å². The number of carbonyl (C=O) groups is 3. The number of piperidine rings is 1. The largest absolute Gasteiger partial charge is 0.490 e. The molecule has 0 spiro atoms. The van der Waals surface area contributed by atoms with Crippen LogP contribution in [0.4, 0.5) is 13.2 Å². The lowest BCUT2D eigenvalue weighted by Gasteiger charge is -2.16. The van der Waals surface area contributed by atoms with E-state index in [-0.39, 0.29) is 24.3 Å². The van der Waals surface area contributed by atoms with Gasteiger partial charge in [-0.05, 0) is 11.8 Å². The van der Waals surface area contributed by atoms with Crippen molar-refractivity contribution in [1.82, 2.24) is 15.4 Å². The summed E-state index contributed by atoms with van der Waals surface area (Å²) in [4.78, 5) is 33.0. The van der Waals surface area contributed by atoms with E-state index in [0.29, 0.717) is 11.8 Å². The van der Waals surface area contributed by atoms with E-state index in [1.807, 2.05) is 4.90 Å².